The standard InChI is InChI=1S/C15H22N6O/c1-11-12(8-18-19(11)2)13-9-20(10-14(13)15(16)22)6-7-21-5-3-4-17-21/h3-5,8,13-14H,6-7,9-10H2,1-2H3,(H2,16,22)/t13-,14+/m1/s1. The molecule has 2 atom stereocenters. The Kier molecular flexibility index (Phi) is 3.98. The van der Waals surface area contributed by atoms with Gasteiger partial charge in [0.2, 0.25) is 5.91 Å². The van der Waals surface area contributed by atoms with E-state index in [1.807, 2.05) is 41.8 Å². The molecule has 2 aromatic heterocycles. The van der Waals surface area contributed by atoms with Crippen LogP contribution in [0.1, 0.15) is 17.2 Å². The number of carbonyl (C=O) groups excluding carboxylic acids is 1. The van der Waals surface area contributed by atoms with E-state index in [9.17, 15) is 4.79 Å². The van der Waals surface area contributed by atoms with Crippen LogP contribution in [0.3, 0.4) is 0 Å². The van der Waals surface area contributed by atoms with E-state index in [0.717, 1.165) is 30.9 Å². The Hall–Kier alpha value is -2.15. The molecule has 3 heterocycles. The Balaban J connectivity index is 1.72. The first-order valence-corrected chi connectivity index (χ1v) is 7.54. The molecular formula is C15H22N6O. The summed E-state index contributed by atoms with van der Waals surface area (Å²) in [6.07, 6.45) is 5.59. The number of carbonyl (C=O) groups is 1. The zero-order chi connectivity index (χ0) is 15.7. The molecule has 0 aliphatic carbocycles. The van der Waals surface area contributed by atoms with Gasteiger partial charge in [-0.05, 0) is 18.6 Å². The second-order valence-corrected chi connectivity index (χ2v) is 5.95. The van der Waals surface area contributed by atoms with E-state index in [0.29, 0.717) is 6.54 Å². The largest absolute Gasteiger partial charge is 0.369 e. The van der Waals surface area contributed by atoms with Gasteiger partial charge in [0.25, 0.3) is 0 Å². The van der Waals surface area contributed by atoms with Gasteiger partial charge >= 0.3 is 0 Å². The van der Waals surface area contributed by atoms with Crippen LogP contribution in [0.4, 0.5) is 0 Å². The summed E-state index contributed by atoms with van der Waals surface area (Å²) in [4.78, 5) is 14.1. The van der Waals surface area contributed by atoms with Gasteiger partial charge in [0, 0.05) is 50.7 Å². The van der Waals surface area contributed by atoms with Gasteiger partial charge in [-0.15, -0.1) is 0 Å². The fourth-order valence-corrected chi connectivity index (χ4v) is 3.23. The number of nitrogens with zero attached hydrogens (tertiary/aromatic N) is 5. The van der Waals surface area contributed by atoms with E-state index in [-0.39, 0.29) is 17.7 Å². The third kappa shape index (κ3) is 2.76. The monoisotopic (exact) mass is 302 g/mol. The van der Waals surface area contributed by atoms with Crippen molar-refractivity contribution in [3.8, 4) is 0 Å². The van der Waals surface area contributed by atoms with Crippen LogP contribution in [0.15, 0.2) is 24.7 Å². The lowest BCUT2D eigenvalue weighted by atomic mass is 9.89. The summed E-state index contributed by atoms with van der Waals surface area (Å²) < 4.78 is 3.75. The number of hydrogen-bond donors (Lipinski definition) is 1. The lowest BCUT2D eigenvalue weighted by molar-refractivity contribution is -0.121. The van der Waals surface area contributed by atoms with Gasteiger partial charge < -0.3 is 10.6 Å². The maximum atomic E-state index is 11.8. The molecule has 7 nitrogen and oxygen atoms in total. The minimum atomic E-state index is -0.227. The molecule has 0 radical (unpaired) electrons. The summed E-state index contributed by atoms with van der Waals surface area (Å²) in [6, 6.07) is 1.91. The van der Waals surface area contributed by atoms with Gasteiger partial charge in [-0.3, -0.25) is 14.2 Å². The third-order valence-electron chi connectivity index (χ3n) is 4.64. The first-order chi connectivity index (χ1) is 10.6. The molecule has 1 amide bonds. The average Bonchev–Trinajstić information content (AvgIpc) is 3.19. The Morgan fingerprint density at radius 2 is 2.18 bits per heavy atom. The Morgan fingerprint density at radius 1 is 1.36 bits per heavy atom. The highest BCUT2D eigenvalue weighted by Gasteiger charge is 2.38. The molecule has 0 bridgehead atoms. The maximum Gasteiger partial charge on any atom is 0.222 e. The molecule has 1 saturated heterocycles. The van der Waals surface area contributed by atoms with E-state index >= 15 is 0 Å². The van der Waals surface area contributed by atoms with E-state index in [2.05, 4.69) is 15.1 Å². The predicted octanol–water partition coefficient (Wildman–Crippen LogP) is 0.126. The molecular weight excluding hydrogens is 280 g/mol. The van der Waals surface area contributed by atoms with Crippen LogP contribution in [0.5, 0.6) is 0 Å². The fraction of sp³-hybridized carbons (Fsp3) is 0.533. The summed E-state index contributed by atoms with van der Waals surface area (Å²) in [5, 5.41) is 8.51. The summed E-state index contributed by atoms with van der Waals surface area (Å²) in [5.41, 5.74) is 7.86. The van der Waals surface area contributed by atoms with Crippen LogP contribution < -0.4 is 5.73 Å². The predicted molar refractivity (Wildman–Crippen MR) is 82.0 cm³/mol. The van der Waals surface area contributed by atoms with Crippen molar-refractivity contribution in [1.29, 1.82) is 0 Å². The molecule has 0 aromatic carbocycles. The number of hydrogen-bond acceptors (Lipinski definition) is 4. The smallest absolute Gasteiger partial charge is 0.222 e. The molecule has 1 aliphatic heterocycles. The van der Waals surface area contributed by atoms with E-state index < -0.39 is 0 Å². The SMILES string of the molecule is Cc1c([C@H]2CN(CCn3cccn3)C[C@@H]2C(N)=O)cnn1C. The first kappa shape index (κ1) is 14.8. The van der Waals surface area contributed by atoms with E-state index in [1.54, 1.807) is 6.20 Å². The highest BCUT2D eigenvalue weighted by atomic mass is 16.1. The number of aromatic nitrogens is 4. The summed E-state index contributed by atoms with van der Waals surface area (Å²) >= 11 is 0. The lowest BCUT2D eigenvalue weighted by Gasteiger charge is -2.16. The van der Waals surface area contributed by atoms with Gasteiger partial charge in [0.05, 0.1) is 18.7 Å². The zero-order valence-electron chi connectivity index (χ0n) is 13.0. The van der Waals surface area contributed by atoms with Gasteiger partial charge in [-0.25, -0.2) is 0 Å². The molecule has 118 valence electrons. The lowest BCUT2D eigenvalue weighted by Crippen LogP contribution is -2.30. The summed E-state index contributed by atoms with van der Waals surface area (Å²) in [5.74, 6) is -0.251. The van der Waals surface area contributed by atoms with Crippen LogP contribution in [0, 0.1) is 12.8 Å². The quantitative estimate of drug-likeness (QED) is 0.851. The molecule has 7 heteroatoms. The highest BCUT2D eigenvalue weighted by Crippen LogP contribution is 2.33. The Morgan fingerprint density at radius 3 is 2.77 bits per heavy atom. The summed E-state index contributed by atoms with van der Waals surface area (Å²) in [6.45, 7) is 5.25. The minimum absolute atomic E-state index is 0.129. The van der Waals surface area contributed by atoms with Crippen molar-refractivity contribution in [2.24, 2.45) is 18.7 Å². The van der Waals surface area contributed by atoms with Gasteiger partial charge in [0.1, 0.15) is 0 Å². The van der Waals surface area contributed by atoms with Gasteiger partial charge in [0.15, 0.2) is 0 Å². The maximum absolute atomic E-state index is 11.8. The second kappa shape index (κ2) is 5.92. The summed E-state index contributed by atoms with van der Waals surface area (Å²) in [7, 11) is 1.92. The van der Waals surface area contributed by atoms with E-state index in [1.165, 1.54) is 0 Å². The van der Waals surface area contributed by atoms with Crippen molar-refractivity contribution in [1.82, 2.24) is 24.5 Å². The third-order valence-corrected chi connectivity index (χ3v) is 4.64. The van der Waals surface area contributed by atoms with Crippen molar-refractivity contribution in [2.45, 2.75) is 19.4 Å². The van der Waals surface area contributed by atoms with Crippen molar-refractivity contribution < 1.29 is 4.79 Å². The number of primary amides is 1. The van der Waals surface area contributed by atoms with Crippen LogP contribution >= 0.6 is 0 Å². The van der Waals surface area contributed by atoms with Crippen LogP contribution in [0.2, 0.25) is 0 Å². The zero-order valence-corrected chi connectivity index (χ0v) is 13.0. The van der Waals surface area contributed by atoms with Crippen molar-refractivity contribution in [2.75, 3.05) is 19.6 Å². The Labute approximate surface area is 129 Å². The second-order valence-electron chi connectivity index (χ2n) is 5.95. The van der Waals surface area contributed by atoms with Crippen molar-refractivity contribution >= 4 is 5.91 Å². The topological polar surface area (TPSA) is 82.0 Å². The average molecular weight is 302 g/mol. The molecule has 0 saturated carbocycles. The molecule has 22 heavy (non-hydrogen) atoms. The fourth-order valence-electron chi connectivity index (χ4n) is 3.23. The highest BCUT2D eigenvalue weighted by molar-refractivity contribution is 5.78. The van der Waals surface area contributed by atoms with Gasteiger partial charge in [-0.2, -0.15) is 10.2 Å². The molecule has 0 unspecified atom stereocenters. The van der Waals surface area contributed by atoms with Crippen LogP contribution in [-0.2, 0) is 18.4 Å². The van der Waals surface area contributed by atoms with Crippen LogP contribution in [0.25, 0.3) is 0 Å². The molecule has 0 spiro atoms. The molecule has 2 aromatic rings. The Bertz CT molecular complexity index is 647. The molecule has 1 fully saturated rings. The number of likely N-dealkylation sites (tertiary alicyclic amines) is 1. The van der Waals surface area contributed by atoms with Gasteiger partial charge in [-0.1, -0.05) is 0 Å². The molecule has 2 N–H and O–H groups in total. The minimum Gasteiger partial charge on any atom is -0.369 e. The normalized spacial score (nSPS) is 22.3. The van der Waals surface area contributed by atoms with E-state index in [4.69, 9.17) is 5.73 Å². The molecule has 1 aliphatic rings. The van der Waals surface area contributed by atoms with Crippen LogP contribution in [-0.4, -0.2) is 50.0 Å². The molecule has 3 rings (SSSR count). The first-order valence-electron chi connectivity index (χ1n) is 7.54. The number of amides is 1. The number of aryl methyl sites for hydroxylation is 1. The van der Waals surface area contributed by atoms with Crippen molar-refractivity contribution in [3.63, 3.8) is 0 Å². The number of nitrogens with two attached hydrogens (primary N) is 1. The van der Waals surface area contributed by atoms with Crippen molar-refractivity contribution in [3.05, 3.63) is 35.9 Å². The number of rotatable bonds is 5.